The van der Waals surface area contributed by atoms with Gasteiger partial charge in [-0.25, -0.2) is 10.8 Å². The van der Waals surface area contributed by atoms with Crippen molar-refractivity contribution in [2.24, 2.45) is 5.84 Å². The number of hydrogen-bond donors (Lipinski definition) is 3. The van der Waals surface area contributed by atoms with Gasteiger partial charge < -0.3 is 10.7 Å². The van der Waals surface area contributed by atoms with Gasteiger partial charge in [0.1, 0.15) is 11.5 Å². The standard InChI is InChI=1S/C11H10Cl2N4OS/c12-7-2-4-9(17-14)16-10(7)11(18)15-5-6-1-3-8(13)19-6/h1-4H,5,14H2,(H,15,18)(H,16,17). The van der Waals surface area contributed by atoms with E-state index in [9.17, 15) is 4.79 Å². The van der Waals surface area contributed by atoms with Crippen LogP contribution in [0, 0.1) is 0 Å². The highest BCUT2D eigenvalue weighted by atomic mass is 35.5. The minimum atomic E-state index is -0.369. The molecule has 100 valence electrons. The SMILES string of the molecule is NNc1ccc(Cl)c(C(=O)NCc2ccc(Cl)s2)n1. The molecule has 5 nitrogen and oxygen atoms in total. The summed E-state index contributed by atoms with van der Waals surface area (Å²) in [5.41, 5.74) is 2.49. The zero-order chi connectivity index (χ0) is 13.8. The van der Waals surface area contributed by atoms with Crippen LogP contribution >= 0.6 is 34.5 Å². The van der Waals surface area contributed by atoms with E-state index in [2.05, 4.69) is 15.7 Å². The second-order valence-electron chi connectivity index (χ2n) is 3.56. The van der Waals surface area contributed by atoms with Gasteiger partial charge in [0.2, 0.25) is 0 Å². The summed E-state index contributed by atoms with van der Waals surface area (Å²) < 4.78 is 0.676. The van der Waals surface area contributed by atoms with Gasteiger partial charge in [0, 0.05) is 4.88 Å². The van der Waals surface area contributed by atoms with E-state index in [4.69, 9.17) is 29.0 Å². The Morgan fingerprint density at radius 2 is 2.11 bits per heavy atom. The summed E-state index contributed by atoms with van der Waals surface area (Å²) in [6.07, 6.45) is 0. The summed E-state index contributed by atoms with van der Waals surface area (Å²) in [5.74, 6) is 5.24. The lowest BCUT2D eigenvalue weighted by molar-refractivity contribution is 0.0946. The number of carbonyl (C=O) groups excluding carboxylic acids is 1. The first-order valence-electron chi connectivity index (χ1n) is 5.25. The summed E-state index contributed by atoms with van der Waals surface area (Å²) in [7, 11) is 0. The Morgan fingerprint density at radius 1 is 1.32 bits per heavy atom. The lowest BCUT2D eigenvalue weighted by Gasteiger charge is -2.06. The van der Waals surface area contributed by atoms with Crippen molar-refractivity contribution in [2.75, 3.05) is 5.43 Å². The van der Waals surface area contributed by atoms with E-state index in [1.807, 2.05) is 6.07 Å². The first-order valence-corrected chi connectivity index (χ1v) is 6.83. The normalized spacial score (nSPS) is 10.3. The number of nitrogen functional groups attached to an aromatic ring is 1. The molecule has 0 saturated carbocycles. The summed E-state index contributed by atoms with van der Waals surface area (Å²) >= 11 is 13.1. The molecule has 0 bridgehead atoms. The summed E-state index contributed by atoms with van der Waals surface area (Å²) in [6.45, 7) is 0.370. The molecule has 0 aliphatic rings. The quantitative estimate of drug-likeness (QED) is 0.598. The fraction of sp³-hybridized carbons (Fsp3) is 0.0909. The number of nitrogens with one attached hydrogen (secondary N) is 2. The Hall–Kier alpha value is -1.34. The van der Waals surface area contributed by atoms with Crippen LogP contribution in [0.3, 0.4) is 0 Å². The van der Waals surface area contributed by atoms with Crippen molar-refractivity contribution in [1.82, 2.24) is 10.3 Å². The zero-order valence-corrected chi connectivity index (χ0v) is 11.9. The number of aromatic nitrogens is 1. The van der Waals surface area contributed by atoms with Crippen LogP contribution in [-0.2, 0) is 6.54 Å². The van der Waals surface area contributed by atoms with Crippen LogP contribution in [-0.4, -0.2) is 10.9 Å². The van der Waals surface area contributed by atoms with Crippen molar-refractivity contribution in [3.05, 3.63) is 44.2 Å². The maximum Gasteiger partial charge on any atom is 0.271 e. The summed E-state index contributed by atoms with van der Waals surface area (Å²) in [4.78, 5) is 16.9. The van der Waals surface area contributed by atoms with Gasteiger partial charge in [-0.2, -0.15) is 0 Å². The molecule has 0 aromatic carbocycles. The first-order chi connectivity index (χ1) is 9.10. The van der Waals surface area contributed by atoms with Crippen molar-refractivity contribution >= 4 is 46.3 Å². The Kier molecular flexibility index (Phi) is 4.60. The van der Waals surface area contributed by atoms with Gasteiger partial charge in [-0.05, 0) is 24.3 Å². The van der Waals surface area contributed by atoms with Gasteiger partial charge in [-0.3, -0.25) is 4.79 Å². The lowest BCUT2D eigenvalue weighted by Crippen LogP contribution is -2.24. The maximum atomic E-state index is 12.0. The Morgan fingerprint density at radius 3 is 2.74 bits per heavy atom. The van der Waals surface area contributed by atoms with Crippen LogP contribution in [0.5, 0.6) is 0 Å². The molecule has 2 heterocycles. The number of hydrazine groups is 1. The van der Waals surface area contributed by atoms with Crippen molar-refractivity contribution in [3.63, 3.8) is 0 Å². The fourth-order valence-corrected chi connectivity index (χ4v) is 2.60. The first kappa shape index (κ1) is 14.1. The molecule has 0 unspecified atom stereocenters. The van der Waals surface area contributed by atoms with Crippen LogP contribution in [0.25, 0.3) is 0 Å². The highest BCUT2D eigenvalue weighted by Crippen LogP contribution is 2.21. The van der Waals surface area contributed by atoms with E-state index >= 15 is 0 Å². The molecule has 0 saturated heterocycles. The second-order valence-corrected chi connectivity index (χ2v) is 5.77. The molecule has 2 rings (SSSR count). The number of carbonyl (C=O) groups is 1. The number of hydrogen-bond acceptors (Lipinski definition) is 5. The van der Waals surface area contributed by atoms with Gasteiger partial charge in [-0.15, -0.1) is 11.3 Å². The number of thiophene rings is 1. The van der Waals surface area contributed by atoms with Gasteiger partial charge >= 0.3 is 0 Å². The molecular weight excluding hydrogens is 307 g/mol. The van der Waals surface area contributed by atoms with Gasteiger partial charge in [0.05, 0.1) is 15.9 Å². The number of nitrogens with zero attached hydrogens (tertiary/aromatic N) is 1. The van der Waals surface area contributed by atoms with Crippen LogP contribution in [0.15, 0.2) is 24.3 Å². The molecule has 4 N–H and O–H groups in total. The van der Waals surface area contributed by atoms with E-state index in [0.29, 0.717) is 16.7 Å². The molecule has 0 radical (unpaired) electrons. The molecule has 2 aromatic rings. The second kappa shape index (κ2) is 6.21. The number of amides is 1. The molecule has 0 aliphatic carbocycles. The average Bonchev–Trinajstić information content (AvgIpc) is 2.82. The third-order valence-corrected chi connectivity index (χ3v) is 3.80. The third kappa shape index (κ3) is 3.57. The molecule has 1 amide bonds. The zero-order valence-electron chi connectivity index (χ0n) is 9.61. The molecule has 19 heavy (non-hydrogen) atoms. The maximum absolute atomic E-state index is 12.0. The molecule has 0 fully saturated rings. The number of rotatable bonds is 4. The largest absolute Gasteiger partial charge is 0.346 e. The predicted octanol–water partition coefficient (Wildman–Crippen LogP) is 2.67. The van der Waals surface area contributed by atoms with E-state index in [-0.39, 0.29) is 16.6 Å². The van der Waals surface area contributed by atoms with Gasteiger partial charge in [0.25, 0.3) is 5.91 Å². The van der Waals surface area contributed by atoms with Gasteiger partial charge in [0.15, 0.2) is 0 Å². The van der Waals surface area contributed by atoms with Crippen LogP contribution in [0.2, 0.25) is 9.36 Å². The number of nitrogens with two attached hydrogens (primary N) is 1. The number of halogens is 2. The van der Waals surface area contributed by atoms with Crippen LogP contribution in [0.1, 0.15) is 15.4 Å². The summed E-state index contributed by atoms with van der Waals surface area (Å²) in [6, 6.07) is 6.76. The number of anilines is 1. The Bertz CT molecular complexity index is 602. The molecule has 0 aliphatic heterocycles. The molecule has 8 heteroatoms. The van der Waals surface area contributed by atoms with E-state index in [0.717, 1.165) is 4.88 Å². The molecule has 2 aromatic heterocycles. The minimum Gasteiger partial charge on any atom is -0.346 e. The van der Waals surface area contributed by atoms with E-state index in [1.165, 1.54) is 11.3 Å². The highest BCUT2D eigenvalue weighted by Gasteiger charge is 2.13. The van der Waals surface area contributed by atoms with Crippen molar-refractivity contribution in [3.8, 4) is 0 Å². The third-order valence-electron chi connectivity index (χ3n) is 2.26. The van der Waals surface area contributed by atoms with Gasteiger partial charge in [-0.1, -0.05) is 23.2 Å². The van der Waals surface area contributed by atoms with Crippen molar-refractivity contribution in [1.29, 1.82) is 0 Å². The van der Waals surface area contributed by atoms with Crippen LogP contribution < -0.4 is 16.6 Å². The van der Waals surface area contributed by atoms with Crippen LogP contribution in [0.4, 0.5) is 5.82 Å². The molecule has 0 atom stereocenters. The topological polar surface area (TPSA) is 80.0 Å². The smallest absolute Gasteiger partial charge is 0.271 e. The Balaban J connectivity index is 2.07. The highest BCUT2D eigenvalue weighted by molar-refractivity contribution is 7.16. The summed E-state index contributed by atoms with van der Waals surface area (Å²) in [5, 5.41) is 2.98. The molecule has 0 spiro atoms. The Labute approximate surface area is 123 Å². The minimum absolute atomic E-state index is 0.125. The average molecular weight is 317 g/mol. The van der Waals surface area contributed by atoms with Crippen molar-refractivity contribution in [2.45, 2.75) is 6.54 Å². The predicted molar refractivity (Wildman–Crippen MR) is 77.6 cm³/mol. The van der Waals surface area contributed by atoms with Crippen molar-refractivity contribution < 1.29 is 4.79 Å². The van der Waals surface area contributed by atoms with E-state index in [1.54, 1.807) is 18.2 Å². The monoisotopic (exact) mass is 316 g/mol. The van der Waals surface area contributed by atoms with E-state index < -0.39 is 0 Å². The lowest BCUT2D eigenvalue weighted by atomic mass is 10.3. The molecular formula is C11H10Cl2N4OS. The fourth-order valence-electron chi connectivity index (χ4n) is 1.38. The number of pyridine rings is 1.